The van der Waals surface area contributed by atoms with Crippen molar-refractivity contribution in [3.63, 3.8) is 0 Å². The van der Waals surface area contributed by atoms with Crippen LogP contribution in [0.25, 0.3) is 0 Å². The van der Waals surface area contributed by atoms with Gasteiger partial charge in [-0.2, -0.15) is 8.42 Å². The van der Waals surface area contributed by atoms with Crippen LogP contribution < -0.4 is 10.1 Å². The third-order valence-electron chi connectivity index (χ3n) is 2.16. The molecule has 90 valence electrons. The number of hydrogen-bond donors (Lipinski definition) is 2. The number of nitrogens with one attached hydrogen (secondary N) is 1. The van der Waals surface area contributed by atoms with Gasteiger partial charge in [0.1, 0.15) is 5.75 Å². The van der Waals surface area contributed by atoms with E-state index in [2.05, 4.69) is 5.32 Å². The van der Waals surface area contributed by atoms with Crippen LogP contribution in [0, 0.1) is 6.92 Å². The summed E-state index contributed by atoms with van der Waals surface area (Å²) in [5, 5.41) is 1.60. The highest BCUT2D eigenvalue weighted by Crippen LogP contribution is 2.26. The van der Waals surface area contributed by atoms with Crippen LogP contribution in [0.4, 0.5) is 5.69 Å². The average Bonchev–Trinajstić information content (AvgIpc) is 2.16. The Morgan fingerprint density at radius 3 is 2.56 bits per heavy atom. The molecule has 1 atom stereocenters. The summed E-state index contributed by atoms with van der Waals surface area (Å²) in [5.41, 5.74) is 1.50. The molecule has 0 aromatic heterocycles. The Hall–Kier alpha value is -1.27. The van der Waals surface area contributed by atoms with Gasteiger partial charge in [0, 0.05) is 0 Å². The van der Waals surface area contributed by atoms with Gasteiger partial charge in [-0.05, 0) is 31.5 Å². The number of methoxy groups -OCH3 is 1. The van der Waals surface area contributed by atoms with Gasteiger partial charge >= 0.3 is 0 Å². The molecule has 0 amide bonds. The fraction of sp³-hybridized carbons (Fsp3) is 0.400. The van der Waals surface area contributed by atoms with E-state index in [1.54, 1.807) is 12.1 Å². The van der Waals surface area contributed by atoms with Crippen molar-refractivity contribution in [1.82, 2.24) is 0 Å². The largest absolute Gasteiger partial charge is 0.495 e. The fourth-order valence-electron chi connectivity index (χ4n) is 1.23. The maximum atomic E-state index is 10.9. The van der Waals surface area contributed by atoms with Crippen LogP contribution in [-0.2, 0) is 10.1 Å². The van der Waals surface area contributed by atoms with Crippen LogP contribution in [0.5, 0.6) is 5.75 Å². The Morgan fingerprint density at radius 1 is 1.44 bits per heavy atom. The molecule has 0 saturated carbocycles. The number of benzene rings is 1. The zero-order valence-electron chi connectivity index (χ0n) is 9.39. The molecule has 0 aliphatic carbocycles. The molecule has 6 heteroatoms. The molecule has 2 N–H and O–H groups in total. The number of hydrogen-bond acceptors (Lipinski definition) is 4. The first-order chi connectivity index (χ1) is 7.34. The summed E-state index contributed by atoms with van der Waals surface area (Å²) in [5.74, 6) is 0.529. The Bertz CT molecular complexity index is 470. The first kappa shape index (κ1) is 12.8. The van der Waals surface area contributed by atoms with Crippen molar-refractivity contribution in [2.75, 3.05) is 12.4 Å². The van der Waals surface area contributed by atoms with Gasteiger partial charge in [-0.15, -0.1) is 0 Å². The van der Waals surface area contributed by atoms with E-state index >= 15 is 0 Å². The Morgan fingerprint density at radius 2 is 2.06 bits per heavy atom. The highest BCUT2D eigenvalue weighted by Gasteiger charge is 2.18. The van der Waals surface area contributed by atoms with E-state index in [9.17, 15) is 8.42 Å². The van der Waals surface area contributed by atoms with E-state index < -0.39 is 15.5 Å². The fourth-order valence-corrected chi connectivity index (χ4v) is 1.50. The van der Waals surface area contributed by atoms with Gasteiger partial charge in [-0.1, -0.05) is 6.07 Å². The topological polar surface area (TPSA) is 75.6 Å². The number of aryl methyl sites for hydroxylation is 1. The normalized spacial score (nSPS) is 13.2. The molecule has 1 rings (SSSR count). The van der Waals surface area contributed by atoms with Crippen LogP contribution in [0.2, 0.25) is 0 Å². The third-order valence-corrected chi connectivity index (χ3v) is 3.17. The molecular formula is C10H15NO4S. The molecule has 0 aliphatic rings. The predicted molar refractivity (Wildman–Crippen MR) is 62.4 cm³/mol. The maximum Gasteiger partial charge on any atom is 0.285 e. The summed E-state index contributed by atoms with van der Waals surface area (Å²) in [7, 11) is -2.61. The second-order valence-corrected chi connectivity index (χ2v) is 5.24. The van der Waals surface area contributed by atoms with Crippen LogP contribution in [0.3, 0.4) is 0 Å². The number of anilines is 1. The zero-order valence-corrected chi connectivity index (χ0v) is 10.2. The standard InChI is InChI=1S/C10H15NO4S/c1-7-4-5-10(15-3)9(6-7)11-8(2)16(12,13)14/h4-6,8,11H,1-3H3,(H,12,13,14). The van der Waals surface area contributed by atoms with Gasteiger partial charge in [-0.3, -0.25) is 4.55 Å². The van der Waals surface area contributed by atoms with Crippen LogP contribution in [-0.4, -0.2) is 25.5 Å². The summed E-state index contributed by atoms with van der Waals surface area (Å²) in [6, 6.07) is 5.33. The second kappa shape index (κ2) is 4.71. The number of ether oxygens (including phenoxy) is 1. The van der Waals surface area contributed by atoms with E-state index in [0.29, 0.717) is 11.4 Å². The van der Waals surface area contributed by atoms with Crippen molar-refractivity contribution in [3.05, 3.63) is 23.8 Å². The van der Waals surface area contributed by atoms with Crippen molar-refractivity contribution in [1.29, 1.82) is 0 Å². The lowest BCUT2D eigenvalue weighted by Crippen LogP contribution is -2.25. The van der Waals surface area contributed by atoms with E-state index in [1.165, 1.54) is 14.0 Å². The van der Waals surface area contributed by atoms with Crippen molar-refractivity contribution < 1.29 is 17.7 Å². The molecule has 0 radical (unpaired) electrons. The van der Waals surface area contributed by atoms with E-state index in [0.717, 1.165) is 5.56 Å². The second-order valence-electron chi connectivity index (χ2n) is 3.51. The molecule has 1 aromatic rings. The van der Waals surface area contributed by atoms with Gasteiger partial charge in [-0.25, -0.2) is 0 Å². The Labute approximate surface area is 95.2 Å². The lowest BCUT2D eigenvalue weighted by atomic mass is 10.2. The molecule has 0 fully saturated rings. The monoisotopic (exact) mass is 245 g/mol. The molecule has 0 spiro atoms. The van der Waals surface area contributed by atoms with Crippen molar-refractivity contribution in [2.24, 2.45) is 0 Å². The first-order valence-electron chi connectivity index (χ1n) is 4.72. The van der Waals surface area contributed by atoms with Gasteiger partial charge < -0.3 is 10.1 Å². The molecule has 0 bridgehead atoms. The van der Waals surface area contributed by atoms with Crippen molar-refractivity contribution in [3.8, 4) is 5.75 Å². The van der Waals surface area contributed by atoms with E-state index in [1.807, 2.05) is 13.0 Å². The molecule has 0 saturated heterocycles. The minimum absolute atomic E-state index is 0.529. The molecular weight excluding hydrogens is 230 g/mol. The Balaban J connectivity index is 3.00. The summed E-state index contributed by atoms with van der Waals surface area (Å²) < 4.78 is 35.7. The minimum Gasteiger partial charge on any atom is -0.495 e. The maximum absolute atomic E-state index is 10.9. The first-order valence-corrected chi connectivity index (χ1v) is 6.22. The molecule has 1 aromatic carbocycles. The molecule has 5 nitrogen and oxygen atoms in total. The van der Waals surface area contributed by atoms with Crippen molar-refractivity contribution >= 4 is 15.8 Å². The third kappa shape index (κ3) is 3.11. The summed E-state index contributed by atoms with van der Waals surface area (Å²) in [6.45, 7) is 3.24. The van der Waals surface area contributed by atoms with Crippen LogP contribution in [0.1, 0.15) is 12.5 Å². The van der Waals surface area contributed by atoms with Gasteiger partial charge in [0.2, 0.25) is 0 Å². The molecule has 1 unspecified atom stereocenters. The quantitative estimate of drug-likeness (QED) is 0.789. The zero-order chi connectivity index (χ0) is 12.3. The average molecular weight is 245 g/mol. The lowest BCUT2D eigenvalue weighted by Gasteiger charge is -2.15. The van der Waals surface area contributed by atoms with E-state index in [4.69, 9.17) is 9.29 Å². The van der Waals surface area contributed by atoms with Gasteiger partial charge in [0.05, 0.1) is 12.8 Å². The van der Waals surface area contributed by atoms with Gasteiger partial charge in [0.15, 0.2) is 5.37 Å². The highest BCUT2D eigenvalue weighted by molar-refractivity contribution is 7.86. The Kier molecular flexibility index (Phi) is 3.77. The molecule has 16 heavy (non-hydrogen) atoms. The molecule has 0 aliphatic heterocycles. The number of rotatable bonds is 4. The summed E-state index contributed by atoms with van der Waals surface area (Å²) in [6.07, 6.45) is 0. The highest BCUT2D eigenvalue weighted by atomic mass is 32.2. The summed E-state index contributed by atoms with van der Waals surface area (Å²) in [4.78, 5) is 0. The SMILES string of the molecule is COc1ccc(C)cc1NC(C)S(=O)(=O)O. The van der Waals surface area contributed by atoms with Gasteiger partial charge in [0.25, 0.3) is 10.1 Å². The van der Waals surface area contributed by atoms with Crippen molar-refractivity contribution in [2.45, 2.75) is 19.2 Å². The summed E-state index contributed by atoms with van der Waals surface area (Å²) >= 11 is 0. The van der Waals surface area contributed by atoms with E-state index in [-0.39, 0.29) is 0 Å². The van der Waals surface area contributed by atoms with Crippen LogP contribution in [0.15, 0.2) is 18.2 Å². The lowest BCUT2D eigenvalue weighted by molar-refractivity contribution is 0.416. The predicted octanol–water partition coefficient (Wildman–Crippen LogP) is 1.65. The molecule has 0 heterocycles. The minimum atomic E-state index is -4.11. The van der Waals surface area contributed by atoms with Crippen LogP contribution >= 0.6 is 0 Å². The smallest absolute Gasteiger partial charge is 0.285 e.